The molecule has 1 amide bonds. The number of rotatable bonds is 6. The molecule has 1 aromatic heterocycles. The molecule has 2 aromatic rings. The van der Waals surface area contributed by atoms with E-state index in [0.717, 1.165) is 28.6 Å². The fraction of sp³-hybridized carbons (Fsp3) is 0.375. The van der Waals surface area contributed by atoms with Crippen LogP contribution in [0.4, 0.5) is 4.39 Å². The number of carbonyl (C=O) groups is 1. The van der Waals surface area contributed by atoms with E-state index in [2.05, 4.69) is 51.6 Å². The minimum absolute atomic E-state index is 0.00551. The van der Waals surface area contributed by atoms with Gasteiger partial charge in [-0.25, -0.2) is 4.98 Å². The zero-order chi connectivity index (χ0) is 16.1. The van der Waals surface area contributed by atoms with Gasteiger partial charge in [0.2, 0.25) is 5.95 Å². The first kappa shape index (κ1) is 17.1. The van der Waals surface area contributed by atoms with Gasteiger partial charge in [-0.05, 0) is 59.9 Å². The maximum absolute atomic E-state index is 14.0. The molecule has 0 saturated heterocycles. The number of aromatic nitrogens is 1. The van der Waals surface area contributed by atoms with Crippen LogP contribution in [0.5, 0.6) is 0 Å². The van der Waals surface area contributed by atoms with Crippen LogP contribution in [0.15, 0.2) is 24.3 Å². The summed E-state index contributed by atoms with van der Waals surface area (Å²) >= 11 is 2.18. The number of fused-ring (bicyclic) bond motifs is 1. The number of nitrogens with one attached hydrogen (secondary N) is 1. The van der Waals surface area contributed by atoms with Crippen LogP contribution in [0.3, 0.4) is 0 Å². The molecule has 0 fully saturated rings. The van der Waals surface area contributed by atoms with Gasteiger partial charge in [-0.3, -0.25) is 4.79 Å². The number of pyridine rings is 1. The Labute approximate surface area is 143 Å². The number of benzene rings is 1. The summed E-state index contributed by atoms with van der Waals surface area (Å²) in [5.41, 5.74) is 0.548. The maximum atomic E-state index is 14.0. The van der Waals surface area contributed by atoms with Crippen molar-refractivity contribution >= 4 is 39.4 Å². The SMILES string of the molecule is CCN(CC)CCNC(=O)c1cc2cc(I)ccc2nc1F. The van der Waals surface area contributed by atoms with Crippen molar-refractivity contribution in [3.8, 4) is 0 Å². The third-order valence-corrected chi connectivity index (χ3v) is 4.25. The van der Waals surface area contributed by atoms with Gasteiger partial charge in [0.15, 0.2) is 0 Å². The van der Waals surface area contributed by atoms with Gasteiger partial charge in [0.05, 0.1) is 11.1 Å². The Morgan fingerprint density at radius 3 is 2.73 bits per heavy atom. The zero-order valence-electron chi connectivity index (χ0n) is 12.7. The summed E-state index contributed by atoms with van der Waals surface area (Å²) in [5.74, 6) is -1.15. The van der Waals surface area contributed by atoms with Gasteiger partial charge in [-0.1, -0.05) is 13.8 Å². The van der Waals surface area contributed by atoms with E-state index in [9.17, 15) is 9.18 Å². The summed E-state index contributed by atoms with van der Waals surface area (Å²) < 4.78 is 15.0. The van der Waals surface area contributed by atoms with Gasteiger partial charge in [0, 0.05) is 22.0 Å². The van der Waals surface area contributed by atoms with Crippen molar-refractivity contribution in [2.45, 2.75) is 13.8 Å². The molecule has 0 bridgehead atoms. The van der Waals surface area contributed by atoms with Crippen LogP contribution in [0.25, 0.3) is 10.9 Å². The van der Waals surface area contributed by atoms with Crippen molar-refractivity contribution in [3.05, 3.63) is 39.3 Å². The van der Waals surface area contributed by atoms with E-state index in [1.54, 1.807) is 12.1 Å². The second-order valence-electron chi connectivity index (χ2n) is 4.95. The molecule has 118 valence electrons. The smallest absolute Gasteiger partial charge is 0.255 e. The third kappa shape index (κ3) is 4.13. The molecule has 0 unspecified atom stereocenters. The van der Waals surface area contributed by atoms with Gasteiger partial charge in [0.1, 0.15) is 0 Å². The molecule has 1 N–H and O–H groups in total. The molecule has 2 rings (SSSR count). The van der Waals surface area contributed by atoms with Crippen molar-refractivity contribution in [1.82, 2.24) is 15.2 Å². The summed E-state index contributed by atoms with van der Waals surface area (Å²) in [6.45, 7) is 7.23. The Morgan fingerprint density at radius 2 is 2.05 bits per heavy atom. The van der Waals surface area contributed by atoms with Crippen LogP contribution in [-0.2, 0) is 0 Å². The molecule has 0 aliphatic rings. The lowest BCUT2D eigenvalue weighted by molar-refractivity contribution is 0.0944. The van der Waals surface area contributed by atoms with E-state index in [1.165, 1.54) is 0 Å². The Hall–Kier alpha value is -1.28. The second-order valence-corrected chi connectivity index (χ2v) is 6.19. The predicted molar refractivity (Wildman–Crippen MR) is 94.5 cm³/mol. The number of amides is 1. The van der Waals surface area contributed by atoms with Crippen molar-refractivity contribution in [3.63, 3.8) is 0 Å². The Kier molecular flexibility index (Phi) is 6.07. The summed E-state index contributed by atoms with van der Waals surface area (Å²) in [5, 5.41) is 3.52. The maximum Gasteiger partial charge on any atom is 0.255 e. The van der Waals surface area contributed by atoms with Crippen LogP contribution >= 0.6 is 22.6 Å². The second kappa shape index (κ2) is 7.82. The fourth-order valence-electron chi connectivity index (χ4n) is 2.25. The van der Waals surface area contributed by atoms with Crippen LogP contribution in [0.2, 0.25) is 0 Å². The van der Waals surface area contributed by atoms with Crippen molar-refractivity contribution < 1.29 is 9.18 Å². The standard InChI is InChI=1S/C16H19FIN3O/c1-3-21(4-2)8-7-19-16(22)13-10-11-9-12(18)5-6-14(11)20-15(13)17/h5-6,9-10H,3-4,7-8H2,1-2H3,(H,19,22). The largest absolute Gasteiger partial charge is 0.351 e. The number of nitrogens with zero attached hydrogens (tertiary/aromatic N) is 2. The Balaban J connectivity index is 2.12. The minimum Gasteiger partial charge on any atom is -0.351 e. The number of hydrogen-bond donors (Lipinski definition) is 1. The molecule has 0 atom stereocenters. The quantitative estimate of drug-likeness (QED) is 0.583. The lowest BCUT2D eigenvalue weighted by atomic mass is 10.1. The first-order chi connectivity index (χ1) is 10.5. The summed E-state index contributed by atoms with van der Waals surface area (Å²) in [4.78, 5) is 18.2. The van der Waals surface area contributed by atoms with Crippen molar-refractivity contribution in [1.29, 1.82) is 0 Å². The number of hydrogen-bond acceptors (Lipinski definition) is 3. The highest BCUT2D eigenvalue weighted by atomic mass is 127. The highest BCUT2D eigenvalue weighted by Gasteiger charge is 2.14. The molecule has 0 aliphatic heterocycles. The summed E-state index contributed by atoms with van der Waals surface area (Å²) in [7, 11) is 0. The van der Waals surface area contributed by atoms with E-state index in [-0.39, 0.29) is 5.56 Å². The monoisotopic (exact) mass is 415 g/mol. The zero-order valence-corrected chi connectivity index (χ0v) is 14.9. The van der Waals surface area contributed by atoms with E-state index in [1.807, 2.05) is 12.1 Å². The van der Waals surface area contributed by atoms with Gasteiger partial charge >= 0.3 is 0 Å². The summed E-state index contributed by atoms with van der Waals surface area (Å²) in [6.07, 6.45) is 0. The van der Waals surface area contributed by atoms with Gasteiger partial charge in [0.25, 0.3) is 5.91 Å². The molecule has 0 saturated carbocycles. The van der Waals surface area contributed by atoms with Crippen LogP contribution in [0.1, 0.15) is 24.2 Å². The molecule has 1 aromatic carbocycles. The number of carbonyl (C=O) groups excluding carboxylic acids is 1. The molecular weight excluding hydrogens is 396 g/mol. The van der Waals surface area contributed by atoms with E-state index < -0.39 is 11.9 Å². The van der Waals surface area contributed by atoms with Crippen LogP contribution < -0.4 is 5.32 Å². The number of likely N-dealkylation sites (N-methyl/N-ethyl adjacent to an activating group) is 1. The third-order valence-electron chi connectivity index (χ3n) is 3.58. The van der Waals surface area contributed by atoms with E-state index >= 15 is 0 Å². The Bertz CT molecular complexity index is 674. The predicted octanol–water partition coefficient (Wildman–Crippen LogP) is 3.05. The van der Waals surface area contributed by atoms with Crippen molar-refractivity contribution in [2.75, 3.05) is 26.2 Å². The first-order valence-corrected chi connectivity index (χ1v) is 8.39. The molecule has 6 heteroatoms. The Morgan fingerprint density at radius 1 is 1.32 bits per heavy atom. The van der Waals surface area contributed by atoms with Crippen molar-refractivity contribution in [2.24, 2.45) is 0 Å². The van der Waals surface area contributed by atoms with Gasteiger partial charge in [-0.15, -0.1) is 0 Å². The van der Waals surface area contributed by atoms with Gasteiger partial charge in [-0.2, -0.15) is 4.39 Å². The van der Waals surface area contributed by atoms with E-state index in [0.29, 0.717) is 12.1 Å². The van der Waals surface area contributed by atoms with Crippen LogP contribution in [-0.4, -0.2) is 42.0 Å². The molecule has 0 aliphatic carbocycles. The lowest BCUT2D eigenvalue weighted by Crippen LogP contribution is -2.35. The minimum atomic E-state index is -0.728. The highest BCUT2D eigenvalue weighted by Crippen LogP contribution is 2.18. The number of halogens is 2. The van der Waals surface area contributed by atoms with Crippen LogP contribution in [0, 0.1) is 9.52 Å². The normalized spacial score (nSPS) is 11.1. The molecule has 4 nitrogen and oxygen atoms in total. The molecule has 1 heterocycles. The fourth-order valence-corrected chi connectivity index (χ4v) is 2.76. The molecular formula is C16H19FIN3O. The molecule has 0 radical (unpaired) electrons. The van der Waals surface area contributed by atoms with E-state index in [4.69, 9.17) is 0 Å². The molecule has 0 spiro atoms. The highest BCUT2D eigenvalue weighted by molar-refractivity contribution is 14.1. The molecule has 22 heavy (non-hydrogen) atoms. The average Bonchev–Trinajstić information content (AvgIpc) is 2.51. The topological polar surface area (TPSA) is 45.2 Å². The summed E-state index contributed by atoms with van der Waals surface area (Å²) in [6, 6.07) is 7.06. The van der Waals surface area contributed by atoms with Gasteiger partial charge < -0.3 is 10.2 Å². The first-order valence-electron chi connectivity index (χ1n) is 7.31. The lowest BCUT2D eigenvalue weighted by Gasteiger charge is -2.18. The average molecular weight is 415 g/mol.